The van der Waals surface area contributed by atoms with Crippen molar-refractivity contribution in [2.75, 3.05) is 24.7 Å². The Morgan fingerprint density at radius 3 is 3.03 bits per heavy atom. The third kappa shape index (κ3) is 3.18. The average molecular weight is 451 g/mol. The van der Waals surface area contributed by atoms with Gasteiger partial charge in [-0.3, -0.25) is 9.89 Å². The van der Waals surface area contributed by atoms with Crippen LogP contribution in [-0.2, 0) is 17.6 Å². The number of benzene rings is 1. The van der Waals surface area contributed by atoms with Gasteiger partial charge in [0.25, 0.3) is 0 Å². The number of anilines is 2. The van der Waals surface area contributed by atoms with Crippen LogP contribution in [0.1, 0.15) is 23.3 Å². The molecule has 1 unspecified atom stereocenters. The van der Waals surface area contributed by atoms with Crippen LogP contribution in [0.5, 0.6) is 0 Å². The lowest BCUT2D eigenvalue weighted by molar-refractivity contribution is -0.139. The molecule has 1 saturated heterocycles. The van der Waals surface area contributed by atoms with Crippen LogP contribution in [0.15, 0.2) is 29.6 Å². The number of carbonyl (C=O) groups excluding carboxylic acids is 1. The fourth-order valence-electron chi connectivity index (χ4n) is 4.58. The summed E-state index contributed by atoms with van der Waals surface area (Å²) < 4.78 is 0. The highest BCUT2D eigenvalue weighted by molar-refractivity contribution is 7.98. The molecule has 9 heteroatoms. The van der Waals surface area contributed by atoms with Gasteiger partial charge < -0.3 is 10.2 Å². The summed E-state index contributed by atoms with van der Waals surface area (Å²) in [7, 11) is 0. The first-order valence-corrected chi connectivity index (χ1v) is 12.6. The minimum absolute atomic E-state index is 0.108. The zero-order valence-corrected chi connectivity index (χ0v) is 18.8. The van der Waals surface area contributed by atoms with Gasteiger partial charge in [-0.1, -0.05) is 0 Å². The molecule has 2 aliphatic rings. The number of likely N-dealkylation sites (tertiary alicyclic amines) is 1. The molecule has 1 aliphatic carbocycles. The topological polar surface area (TPSA) is 86.8 Å². The number of thioether (sulfide) groups is 1. The molecule has 6 rings (SSSR count). The Morgan fingerprint density at radius 1 is 1.32 bits per heavy atom. The second-order valence-corrected chi connectivity index (χ2v) is 10.1. The minimum Gasteiger partial charge on any atom is -0.342 e. The third-order valence-electron chi connectivity index (χ3n) is 6.38. The van der Waals surface area contributed by atoms with Crippen molar-refractivity contribution in [1.29, 1.82) is 0 Å². The van der Waals surface area contributed by atoms with E-state index in [0.717, 1.165) is 76.3 Å². The molecule has 1 fully saturated rings. The second-order valence-electron chi connectivity index (χ2n) is 8.16. The Labute approximate surface area is 187 Å². The largest absolute Gasteiger partial charge is 0.342 e. The van der Waals surface area contributed by atoms with Crippen LogP contribution in [0.2, 0.25) is 0 Å². The van der Waals surface area contributed by atoms with Crippen molar-refractivity contribution in [1.82, 2.24) is 25.1 Å². The fraction of sp³-hybridized carbons (Fsp3) is 0.364. The number of nitrogens with zero attached hydrogens (tertiary/aromatic N) is 4. The Kier molecular flexibility index (Phi) is 4.61. The molecule has 0 spiro atoms. The van der Waals surface area contributed by atoms with Crippen LogP contribution in [-0.4, -0.2) is 50.3 Å². The maximum atomic E-state index is 12.7. The number of hydrogen-bond donors (Lipinski definition) is 2. The van der Waals surface area contributed by atoms with Crippen molar-refractivity contribution >= 4 is 61.6 Å². The summed E-state index contributed by atoms with van der Waals surface area (Å²) in [6.07, 6.45) is 9.30. The molecular weight excluding hydrogens is 428 g/mol. The number of aromatic nitrogens is 4. The standard InChI is InChI=1S/C22H22N6OS2/c1-30-18-9-15-13(10-25-27-15)7-16(18)26-20-19-14-4-3-12(22(29)28-5-2-6-28)8-17(14)31-21(19)24-11-23-20/h7,9-12H,2-6,8H2,1H3,(H,25,27)(H,23,24,26). The monoisotopic (exact) mass is 450 g/mol. The summed E-state index contributed by atoms with van der Waals surface area (Å²) >= 11 is 3.40. The number of fused-ring (bicyclic) bond motifs is 4. The summed E-state index contributed by atoms with van der Waals surface area (Å²) in [5.41, 5.74) is 3.35. The number of amides is 1. The molecule has 0 bridgehead atoms. The lowest BCUT2D eigenvalue weighted by atomic mass is 9.86. The van der Waals surface area contributed by atoms with Gasteiger partial charge in [-0.05, 0) is 49.6 Å². The highest BCUT2D eigenvalue weighted by atomic mass is 32.2. The number of aromatic amines is 1. The summed E-state index contributed by atoms with van der Waals surface area (Å²) in [6, 6.07) is 4.22. The van der Waals surface area contributed by atoms with Gasteiger partial charge in [0.15, 0.2) is 0 Å². The summed E-state index contributed by atoms with van der Waals surface area (Å²) in [4.78, 5) is 27.3. The molecule has 3 aromatic heterocycles. The smallest absolute Gasteiger partial charge is 0.226 e. The van der Waals surface area contributed by atoms with Gasteiger partial charge in [0.05, 0.1) is 22.8 Å². The van der Waals surface area contributed by atoms with Gasteiger partial charge in [-0.15, -0.1) is 23.1 Å². The van der Waals surface area contributed by atoms with E-state index in [1.165, 1.54) is 10.4 Å². The van der Waals surface area contributed by atoms with Gasteiger partial charge in [-0.25, -0.2) is 9.97 Å². The number of rotatable bonds is 4. The van der Waals surface area contributed by atoms with Gasteiger partial charge in [0.1, 0.15) is 17.0 Å². The molecular formula is C22H22N6OS2. The Hall–Kier alpha value is -2.65. The van der Waals surface area contributed by atoms with Crippen molar-refractivity contribution in [3.8, 4) is 0 Å². The van der Waals surface area contributed by atoms with Crippen LogP contribution in [0.4, 0.5) is 11.5 Å². The van der Waals surface area contributed by atoms with Crippen molar-refractivity contribution in [3.05, 3.63) is 35.1 Å². The number of thiophene rings is 1. The predicted molar refractivity (Wildman–Crippen MR) is 125 cm³/mol. The molecule has 1 aliphatic heterocycles. The average Bonchev–Trinajstić information content (AvgIpc) is 3.35. The van der Waals surface area contributed by atoms with Crippen molar-refractivity contribution in [2.24, 2.45) is 5.92 Å². The first-order valence-electron chi connectivity index (χ1n) is 10.5. The van der Waals surface area contributed by atoms with E-state index in [-0.39, 0.29) is 5.92 Å². The van der Waals surface area contributed by atoms with E-state index in [0.29, 0.717) is 5.91 Å². The van der Waals surface area contributed by atoms with Crippen molar-refractivity contribution < 1.29 is 4.79 Å². The van der Waals surface area contributed by atoms with Gasteiger partial charge >= 0.3 is 0 Å². The van der Waals surface area contributed by atoms with Crippen LogP contribution < -0.4 is 5.32 Å². The van der Waals surface area contributed by atoms with E-state index in [1.807, 2.05) is 11.1 Å². The molecule has 4 heterocycles. The maximum absolute atomic E-state index is 12.7. The maximum Gasteiger partial charge on any atom is 0.226 e. The first kappa shape index (κ1) is 19.1. The van der Waals surface area contributed by atoms with Gasteiger partial charge in [-0.2, -0.15) is 5.10 Å². The molecule has 0 saturated carbocycles. The highest BCUT2D eigenvalue weighted by Gasteiger charge is 2.33. The van der Waals surface area contributed by atoms with E-state index in [9.17, 15) is 4.79 Å². The molecule has 158 valence electrons. The lowest BCUT2D eigenvalue weighted by Crippen LogP contribution is -2.46. The summed E-state index contributed by atoms with van der Waals surface area (Å²) in [5, 5.41) is 12.9. The zero-order chi connectivity index (χ0) is 20.9. The molecule has 7 nitrogen and oxygen atoms in total. The predicted octanol–water partition coefficient (Wildman–Crippen LogP) is 4.37. The molecule has 0 radical (unpaired) electrons. The molecule has 1 amide bonds. The molecule has 31 heavy (non-hydrogen) atoms. The molecule has 1 aromatic carbocycles. The van der Waals surface area contributed by atoms with Crippen molar-refractivity contribution in [2.45, 2.75) is 30.6 Å². The number of aryl methyl sites for hydroxylation is 1. The van der Waals surface area contributed by atoms with Crippen LogP contribution in [0.3, 0.4) is 0 Å². The Balaban J connectivity index is 1.37. The van der Waals surface area contributed by atoms with Gasteiger partial charge in [0.2, 0.25) is 5.91 Å². The normalized spacial score (nSPS) is 18.2. The molecule has 4 aromatic rings. The van der Waals surface area contributed by atoms with E-state index in [1.54, 1.807) is 29.4 Å². The number of H-pyrrole nitrogens is 1. The van der Waals surface area contributed by atoms with Crippen LogP contribution in [0, 0.1) is 5.92 Å². The lowest BCUT2D eigenvalue weighted by Gasteiger charge is -2.35. The van der Waals surface area contributed by atoms with E-state index >= 15 is 0 Å². The molecule has 1 atom stereocenters. The van der Waals surface area contributed by atoms with E-state index in [4.69, 9.17) is 0 Å². The fourth-order valence-corrected chi connectivity index (χ4v) is 6.41. The van der Waals surface area contributed by atoms with Crippen LogP contribution in [0.25, 0.3) is 21.1 Å². The molecule has 2 N–H and O–H groups in total. The number of hydrogen-bond acceptors (Lipinski definition) is 7. The number of nitrogens with one attached hydrogen (secondary N) is 2. The van der Waals surface area contributed by atoms with E-state index in [2.05, 4.69) is 43.9 Å². The Bertz CT molecular complexity index is 1310. The summed E-state index contributed by atoms with van der Waals surface area (Å²) in [6.45, 7) is 1.85. The van der Waals surface area contributed by atoms with Crippen molar-refractivity contribution in [3.63, 3.8) is 0 Å². The van der Waals surface area contributed by atoms with Gasteiger partial charge in [0, 0.05) is 34.2 Å². The number of carbonyl (C=O) groups is 1. The quantitative estimate of drug-likeness (QED) is 0.449. The summed E-state index contributed by atoms with van der Waals surface area (Å²) in [5.74, 6) is 1.28. The SMILES string of the molecule is CSc1cc2[nH]ncc2cc1Nc1ncnc2sc3c(c12)CCC(C(=O)N1CCC1)C3. The zero-order valence-electron chi connectivity index (χ0n) is 17.1. The minimum atomic E-state index is 0.108. The van der Waals surface area contributed by atoms with E-state index < -0.39 is 0 Å². The third-order valence-corrected chi connectivity index (χ3v) is 8.32. The first-order chi connectivity index (χ1) is 15.2. The Morgan fingerprint density at radius 2 is 2.23 bits per heavy atom. The second kappa shape index (κ2) is 7.49. The van der Waals surface area contributed by atoms with Crippen LogP contribution >= 0.6 is 23.1 Å². The highest BCUT2D eigenvalue weighted by Crippen LogP contribution is 2.42.